The van der Waals surface area contributed by atoms with E-state index in [2.05, 4.69) is 19.8 Å². The molecular weight excluding hydrogens is 364 g/mol. The van der Waals surface area contributed by atoms with Gasteiger partial charge in [-0.15, -0.1) is 6.42 Å². The van der Waals surface area contributed by atoms with Gasteiger partial charge in [0.15, 0.2) is 5.60 Å². The summed E-state index contributed by atoms with van der Waals surface area (Å²) in [5.74, 6) is 5.06. The zero-order chi connectivity index (χ0) is 21.0. The second kappa shape index (κ2) is 7.03. The summed E-state index contributed by atoms with van der Waals surface area (Å²) >= 11 is 0. The van der Waals surface area contributed by atoms with Gasteiger partial charge in [-0.25, -0.2) is 0 Å². The lowest BCUT2D eigenvalue weighted by Crippen LogP contribution is -2.57. The quantitative estimate of drug-likeness (QED) is 0.489. The predicted octanol–water partition coefficient (Wildman–Crippen LogP) is 4.90. The molecule has 0 bridgehead atoms. The average Bonchev–Trinajstić information content (AvgIpc) is 2.94. The van der Waals surface area contributed by atoms with Crippen LogP contribution in [0.4, 0.5) is 0 Å². The number of carbonyl (C=O) groups excluding carboxylic acids is 2. The third-order valence-corrected chi connectivity index (χ3v) is 9.62. The highest BCUT2D eigenvalue weighted by molar-refractivity contribution is 5.67. The molecule has 0 aromatic rings. The average molecular weight is 401 g/mol. The first-order valence-corrected chi connectivity index (χ1v) is 11.5. The largest absolute Gasteiger partial charge is 0.463 e. The van der Waals surface area contributed by atoms with E-state index in [1.54, 1.807) is 0 Å². The molecule has 0 radical (unpaired) electrons. The molecule has 4 heteroatoms. The Morgan fingerprint density at radius 2 is 1.66 bits per heavy atom. The topological polar surface area (TPSA) is 52.6 Å². The van der Waals surface area contributed by atoms with Crippen LogP contribution in [0.1, 0.15) is 85.5 Å². The van der Waals surface area contributed by atoms with Gasteiger partial charge in [-0.2, -0.15) is 0 Å². The van der Waals surface area contributed by atoms with E-state index in [0.29, 0.717) is 29.1 Å². The van der Waals surface area contributed by atoms with Crippen molar-refractivity contribution < 1.29 is 19.1 Å². The second-order valence-corrected chi connectivity index (χ2v) is 10.7. The highest BCUT2D eigenvalue weighted by Crippen LogP contribution is 2.68. The van der Waals surface area contributed by atoms with Crippen LogP contribution in [0.5, 0.6) is 0 Å². The molecule has 4 nitrogen and oxygen atoms in total. The van der Waals surface area contributed by atoms with Gasteiger partial charge in [-0.3, -0.25) is 9.59 Å². The van der Waals surface area contributed by atoms with Gasteiger partial charge < -0.3 is 9.47 Å². The number of rotatable bonds is 2. The minimum Gasteiger partial charge on any atom is -0.463 e. The molecule has 0 saturated heterocycles. The Morgan fingerprint density at radius 3 is 2.31 bits per heavy atom. The van der Waals surface area contributed by atoms with Crippen LogP contribution in [0.2, 0.25) is 0 Å². The molecule has 0 heterocycles. The third-order valence-electron chi connectivity index (χ3n) is 9.62. The molecule has 4 fully saturated rings. The van der Waals surface area contributed by atoms with Crippen molar-refractivity contribution in [3.63, 3.8) is 0 Å². The van der Waals surface area contributed by atoms with Crippen molar-refractivity contribution in [2.75, 3.05) is 0 Å². The Labute approximate surface area is 175 Å². The summed E-state index contributed by atoms with van der Waals surface area (Å²) in [7, 11) is 0. The molecule has 160 valence electrons. The number of carbonyl (C=O) groups is 2. The molecule has 0 spiro atoms. The maximum absolute atomic E-state index is 11.9. The monoisotopic (exact) mass is 400 g/mol. The van der Waals surface area contributed by atoms with Crippen LogP contribution >= 0.6 is 0 Å². The lowest BCUT2D eigenvalue weighted by atomic mass is 9.44. The van der Waals surface area contributed by atoms with Crippen LogP contribution in [0.3, 0.4) is 0 Å². The van der Waals surface area contributed by atoms with E-state index in [-0.39, 0.29) is 23.5 Å². The van der Waals surface area contributed by atoms with Gasteiger partial charge in [-0.05, 0) is 86.9 Å². The second-order valence-electron chi connectivity index (χ2n) is 10.7. The van der Waals surface area contributed by atoms with Crippen molar-refractivity contribution in [3.05, 3.63) is 0 Å². The van der Waals surface area contributed by atoms with Crippen molar-refractivity contribution in [1.82, 2.24) is 0 Å². The molecule has 0 aromatic carbocycles. The van der Waals surface area contributed by atoms with Crippen LogP contribution in [-0.2, 0) is 19.1 Å². The maximum Gasteiger partial charge on any atom is 0.304 e. The van der Waals surface area contributed by atoms with Gasteiger partial charge in [-0.1, -0.05) is 19.8 Å². The standard InChI is InChI=1S/C25H36O4/c1-6-25(29-17(3)27)14-11-22-20-8-7-18-15-19(28-16(2)26)9-12-23(18,4)21(20)10-13-24(22,25)5/h1,18-22H,7-15H2,2-5H3/t18-,19+,20+,21-,22-,23-,24-,25-/m0/s1. The minimum atomic E-state index is -0.737. The van der Waals surface area contributed by atoms with Gasteiger partial charge in [0.25, 0.3) is 0 Å². The Morgan fingerprint density at radius 1 is 0.931 bits per heavy atom. The molecule has 0 aliphatic heterocycles. The summed E-state index contributed by atoms with van der Waals surface area (Å²) in [6.07, 6.45) is 15.7. The number of fused-ring (bicyclic) bond motifs is 5. The highest BCUT2D eigenvalue weighted by Gasteiger charge is 2.66. The van der Waals surface area contributed by atoms with Crippen LogP contribution in [0.15, 0.2) is 0 Å². The molecule has 4 saturated carbocycles. The lowest BCUT2D eigenvalue weighted by molar-refractivity contribution is -0.178. The minimum absolute atomic E-state index is 0.0977. The van der Waals surface area contributed by atoms with E-state index in [9.17, 15) is 9.59 Å². The molecule has 0 amide bonds. The van der Waals surface area contributed by atoms with Crippen LogP contribution in [0.25, 0.3) is 0 Å². The van der Waals surface area contributed by atoms with Crippen molar-refractivity contribution in [2.24, 2.45) is 34.5 Å². The molecule has 0 N–H and O–H groups in total. The van der Waals surface area contributed by atoms with E-state index in [1.165, 1.54) is 26.7 Å². The zero-order valence-electron chi connectivity index (χ0n) is 18.5. The summed E-state index contributed by atoms with van der Waals surface area (Å²) in [6, 6.07) is 0. The zero-order valence-corrected chi connectivity index (χ0v) is 18.5. The lowest BCUT2D eigenvalue weighted by Gasteiger charge is -2.61. The molecule has 0 unspecified atom stereocenters. The number of terminal acetylenes is 1. The number of ether oxygens (including phenoxy) is 2. The normalized spacial score (nSPS) is 48.4. The van der Waals surface area contributed by atoms with Gasteiger partial charge >= 0.3 is 11.9 Å². The van der Waals surface area contributed by atoms with Gasteiger partial charge in [0.05, 0.1) is 0 Å². The fraction of sp³-hybridized carbons (Fsp3) is 0.840. The first-order chi connectivity index (χ1) is 13.6. The third kappa shape index (κ3) is 3.03. The summed E-state index contributed by atoms with van der Waals surface area (Å²) < 4.78 is 11.4. The molecule has 4 rings (SSSR count). The number of esters is 2. The van der Waals surface area contributed by atoms with E-state index in [1.807, 2.05) is 0 Å². The van der Waals surface area contributed by atoms with Crippen LogP contribution in [-0.4, -0.2) is 23.6 Å². The SMILES string of the molecule is C#C[C@]1(OC(C)=O)CC[C@H]2[C@@H]3CC[C@H]4C[C@H](OC(C)=O)CC[C@]4(C)[C@H]3CC[C@@]21C. The van der Waals surface area contributed by atoms with E-state index < -0.39 is 5.60 Å². The Balaban J connectivity index is 1.57. The van der Waals surface area contributed by atoms with Crippen molar-refractivity contribution >= 4 is 11.9 Å². The Bertz CT molecular complexity index is 738. The number of hydrogen-bond acceptors (Lipinski definition) is 4. The molecule has 4 aliphatic rings. The van der Waals surface area contributed by atoms with Crippen LogP contribution < -0.4 is 0 Å². The van der Waals surface area contributed by atoms with Crippen molar-refractivity contribution in [3.8, 4) is 12.3 Å². The molecule has 8 atom stereocenters. The van der Waals surface area contributed by atoms with Gasteiger partial charge in [0.2, 0.25) is 0 Å². The van der Waals surface area contributed by atoms with Crippen molar-refractivity contribution in [1.29, 1.82) is 0 Å². The van der Waals surface area contributed by atoms with E-state index >= 15 is 0 Å². The first-order valence-electron chi connectivity index (χ1n) is 11.5. The Hall–Kier alpha value is -1.50. The molecular formula is C25H36O4. The van der Waals surface area contributed by atoms with Crippen LogP contribution in [0, 0.1) is 46.8 Å². The van der Waals surface area contributed by atoms with Gasteiger partial charge in [0, 0.05) is 19.3 Å². The first kappa shape index (κ1) is 20.8. The fourth-order valence-corrected chi connectivity index (χ4v) is 8.24. The Kier molecular flexibility index (Phi) is 5.03. The van der Waals surface area contributed by atoms with E-state index in [4.69, 9.17) is 15.9 Å². The smallest absolute Gasteiger partial charge is 0.304 e. The van der Waals surface area contributed by atoms with E-state index in [0.717, 1.165) is 44.9 Å². The number of hydrogen-bond donors (Lipinski definition) is 0. The summed E-state index contributed by atoms with van der Waals surface area (Å²) in [5.41, 5.74) is -0.532. The molecule has 29 heavy (non-hydrogen) atoms. The maximum atomic E-state index is 11.9. The summed E-state index contributed by atoms with van der Waals surface area (Å²) in [5, 5.41) is 0. The molecule has 4 aliphatic carbocycles. The summed E-state index contributed by atoms with van der Waals surface area (Å²) in [6.45, 7) is 7.79. The van der Waals surface area contributed by atoms with Crippen molar-refractivity contribution in [2.45, 2.75) is 97.2 Å². The predicted molar refractivity (Wildman–Crippen MR) is 111 cm³/mol. The fourth-order valence-electron chi connectivity index (χ4n) is 8.24. The molecule has 0 aromatic heterocycles. The summed E-state index contributed by atoms with van der Waals surface area (Å²) in [4.78, 5) is 23.3. The highest BCUT2D eigenvalue weighted by atomic mass is 16.6. The van der Waals surface area contributed by atoms with Gasteiger partial charge in [0.1, 0.15) is 6.10 Å².